The number of fused-ring (bicyclic) bond motifs is 1. The number of sulfonamides is 1. The maximum absolute atomic E-state index is 12.6. The van der Waals surface area contributed by atoms with Gasteiger partial charge in [-0.05, 0) is 25.5 Å². The number of aromatic carboxylic acids is 1. The number of carboxylic acid groups (broad SMARTS) is 1. The van der Waals surface area contributed by atoms with E-state index in [0.29, 0.717) is 22.1 Å². The summed E-state index contributed by atoms with van der Waals surface area (Å²) in [5.41, 5.74) is 0.518. The van der Waals surface area contributed by atoms with Crippen LogP contribution in [0.2, 0.25) is 0 Å². The van der Waals surface area contributed by atoms with Crippen LogP contribution in [0.5, 0.6) is 11.5 Å². The fourth-order valence-electron chi connectivity index (χ4n) is 2.25. The van der Waals surface area contributed by atoms with Gasteiger partial charge in [-0.3, -0.25) is 0 Å². The van der Waals surface area contributed by atoms with Gasteiger partial charge in [-0.25, -0.2) is 22.9 Å². The molecule has 2 heterocycles. The van der Waals surface area contributed by atoms with Crippen LogP contribution in [-0.4, -0.2) is 31.3 Å². The second kappa shape index (κ2) is 6.04. The smallest absolute Gasteiger partial charge is 0.347 e. The van der Waals surface area contributed by atoms with Gasteiger partial charge in [0.1, 0.15) is 9.88 Å². The second-order valence-electron chi connectivity index (χ2n) is 5.18. The van der Waals surface area contributed by atoms with E-state index in [9.17, 15) is 13.2 Å². The summed E-state index contributed by atoms with van der Waals surface area (Å²) in [6, 6.07) is 2.35. The zero-order valence-electron chi connectivity index (χ0n) is 12.8. The van der Waals surface area contributed by atoms with Gasteiger partial charge in [-0.15, -0.1) is 11.3 Å². The molecule has 1 aromatic carbocycles. The van der Waals surface area contributed by atoms with E-state index >= 15 is 0 Å². The summed E-state index contributed by atoms with van der Waals surface area (Å²) in [5, 5.41) is 9.29. The van der Waals surface area contributed by atoms with Crippen molar-refractivity contribution in [1.82, 2.24) is 9.71 Å². The topological polar surface area (TPSA) is 115 Å². The van der Waals surface area contributed by atoms with Crippen molar-refractivity contribution in [3.8, 4) is 11.5 Å². The average Bonchev–Trinajstić information content (AvgIpc) is 3.14. The van der Waals surface area contributed by atoms with Crippen LogP contribution >= 0.6 is 11.3 Å². The number of carbonyl (C=O) groups is 1. The third-order valence-electron chi connectivity index (χ3n) is 3.40. The molecule has 24 heavy (non-hydrogen) atoms. The molecule has 0 saturated carbocycles. The van der Waals surface area contributed by atoms with Crippen LogP contribution in [0.1, 0.15) is 33.2 Å². The number of thiazole rings is 1. The summed E-state index contributed by atoms with van der Waals surface area (Å²) >= 11 is 0.927. The molecule has 1 unspecified atom stereocenters. The third-order valence-corrected chi connectivity index (χ3v) is 6.25. The Morgan fingerprint density at radius 1 is 1.38 bits per heavy atom. The molecule has 1 atom stereocenters. The number of hydrogen-bond donors (Lipinski definition) is 2. The lowest BCUT2D eigenvalue weighted by Crippen LogP contribution is -2.27. The highest BCUT2D eigenvalue weighted by Crippen LogP contribution is 2.36. The first-order valence-electron chi connectivity index (χ1n) is 6.89. The van der Waals surface area contributed by atoms with Gasteiger partial charge in [0.05, 0.1) is 17.1 Å². The Bertz CT molecular complexity index is 906. The molecule has 10 heteroatoms. The van der Waals surface area contributed by atoms with Gasteiger partial charge in [0.15, 0.2) is 11.5 Å². The van der Waals surface area contributed by atoms with Crippen molar-refractivity contribution in [2.75, 3.05) is 6.79 Å². The number of aryl methyl sites for hydroxylation is 1. The molecule has 0 fully saturated rings. The molecule has 1 aromatic heterocycles. The molecule has 0 amide bonds. The molecule has 1 aliphatic heterocycles. The van der Waals surface area contributed by atoms with Crippen molar-refractivity contribution in [3.63, 3.8) is 0 Å². The summed E-state index contributed by atoms with van der Waals surface area (Å²) in [6.45, 7) is 3.32. The Kier molecular flexibility index (Phi) is 4.20. The molecule has 2 N–H and O–H groups in total. The van der Waals surface area contributed by atoms with Crippen molar-refractivity contribution in [2.24, 2.45) is 0 Å². The third kappa shape index (κ3) is 3.07. The van der Waals surface area contributed by atoms with Gasteiger partial charge in [-0.2, -0.15) is 0 Å². The summed E-state index contributed by atoms with van der Waals surface area (Å²) < 4.78 is 38.2. The van der Waals surface area contributed by atoms with Crippen molar-refractivity contribution < 1.29 is 27.8 Å². The van der Waals surface area contributed by atoms with Crippen LogP contribution < -0.4 is 14.2 Å². The summed E-state index contributed by atoms with van der Waals surface area (Å²) in [7, 11) is -3.84. The van der Waals surface area contributed by atoms with Crippen molar-refractivity contribution in [3.05, 3.63) is 33.8 Å². The minimum absolute atomic E-state index is 0.0512. The number of nitrogens with zero attached hydrogens (tertiary/aromatic N) is 1. The fourth-order valence-corrected chi connectivity index (χ4v) is 4.53. The van der Waals surface area contributed by atoms with Gasteiger partial charge in [0.25, 0.3) is 0 Å². The molecule has 0 bridgehead atoms. The van der Waals surface area contributed by atoms with Gasteiger partial charge in [0.2, 0.25) is 16.8 Å². The molecule has 0 aliphatic carbocycles. The van der Waals surface area contributed by atoms with Gasteiger partial charge >= 0.3 is 5.97 Å². The Morgan fingerprint density at radius 3 is 2.67 bits per heavy atom. The predicted octanol–water partition coefficient (Wildman–Crippen LogP) is 1.92. The lowest BCUT2D eigenvalue weighted by molar-refractivity contribution is 0.0702. The number of nitrogens with one attached hydrogen (secondary N) is 1. The molecule has 1 aliphatic rings. The minimum atomic E-state index is -3.84. The molecule has 8 nitrogen and oxygen atoms in total. The molecule has 0 spiro atoms. The number of hydrogen-bond acceptors (Lipinski definition) is 7. The van der Waals surface area contributed by atoms with Crippen molar-refractivity contribution in [1.29, 1.82) is 0 Å². The Morgan fingerprint density at radius 2 is 2.04 bits per heavy atom. The highest BCUT2D eigenvalue weighted by Gasteiger charge is 2.26. The molecule has 0 saturated heterocycles. The average molecular weight is 370 g/mol. The highest BCUT2D eigenvalue weighted by molar-refractivity contribution is 7.89. The van der Waals surface area contributed by atoms with Gasteiger partial charge < -0.3 is 14.6 Å². The Hall–Kier alpha value is -2.17. The first-order chi connectivity index (χ1) is 11.3. The van der Waals surface area contributed by atoms with Crippen LogP contribution in [0, 0.1) is 6.92 Å². The standard InChI is InChI=1S/C14H14N2O6S2/c1-7-3-9-10(22-6-21-9)4-12(7)24(19,20)16-8(2)13-15-5-11(23-13)14(17)18/h3-5,8,16H,6H2,1-2H3,(H,17,18). The maximum atomic E-state index is 12.6. The Labute approximate surface area is 142 Å². The van der Waals surface area contributed by atoms with E-state index in [2.05, 4.69) is 9.71 Å². The summed E-state index contributed by atoms with van der Waals surface area (Å²) in [4.78, 5) is 15.0. The molecule has 2 aromatic rings. The SMILES string of the molecule is Cc1cc2c(cc1S(=O)(=O)NC(C)c1ncc(C(=O)O)s1)OCO2. The molecular formula is C14H14N2O6S2. The van der Waals surface area contributed by atoms with Gasteiger partial charge in [0, 0.05) is 6.07 Å². The van der Waals surface area contributed by atoms with E-state index < -0.39 is 22.0 Å². The fraction of sp³-hybridized carbons (Fsp3) is 0.286. The number of aromatic nitrogens is 1. The summed E-state index contributed by atoms with van der Waals surface area (Å²) in [5.74, 6) is -0.220. The first-order valence-corrected chi connectivity index (χ1v) is 9.19. The second-order valence-corrected chi connectivity index (χ2v) is 7.93. The number of benzene rings is 1. The number of carboxylic acids is 1. The molecule has 3 rings (SSSR count). The van der Waals surface area contributed by atoms with E-state index in [1.807, 2.05) is 0 Å². The normalized spacial score (nSPS) is 14.6. The maximum Gasteiger partial charge on any atom is 0.347 e. The Balaban J connectivity index is 1.87. The van der Waals surface area contributed by atoms with Crippen LogP contribution in [0.4, 0.5) is 0 Å². The summed E-state index contributed by atoms with van der Waals surface area (Å²) in [6.07, 6.45) is 1.21. The molecule has 128 valence electrons. The van der Waals surface area contributed by atoms with Crippen LogP contribution in [0.3, 0.4) is 0 Å². The van der Waals surface area contributed by atoms with E-state index in [0.717, 1.165) is 11.3 Å². The van der Waals surface area contributed by atoms with E-state index in [1.165, 1.54) is 12.3 Å². The molecular weight excluding hydrogens is 356 g/mol. The van der Waals surface area contributed by atoms with Gasteiger partial charge in [-0.1, -0.05) is 0 Å². The van der Waals surface area contributed by atoms with Crippen molar-refractivity contribution in [2.45, 2.75) is 24.8 Å². The lowest BCUT2D eigenvalue weighted by atomic mass is 10.2. The zero-order chi connectivity index (χ0) is 17.5. The van der Waals surface area contributed by atoms with E-state index in [4.69, 9.17) is 14.6 Å². The van der Waals surface area contributed by atoms with Crippen LogP contribution in [0.25, 0.3) is 0 Å². The monoisotopic (exact) mass is 370 g/mol. The zero-order valence-corrected chi connectivity index (χ0v) is 14.4. The first kappa shape index (κ1) is 16.7. The highest BCUT2D eigenvalue weighted by atomic mass is 32.2. The van der Waals surface area contributed by atoms with E-state index in [-0.39, 0.29) is 16.6 Å². The van der Waals surface area contributed by atoms with Crippen LogP contribution in [0.15, 0.2) is 23.2 Å². The predicted molar refractivity (Wildman–Crippen MR) is 85.1 cm³/mol. The quantitative estimate of drug-likeness (QED) is 0.826. The number of rotatable bonds is 5. The largest absolute Gasteiger partial charge is 0.477 e. The van der Waals surface area contributed by atoms with Crippen molar-refractivity contribution >= 4 is 27.3 Å². The number of ether oxygens (including phenoxy) is 2. The molecule has 0 radical (unpaired) electrons. The van der Waals surface area contributed by atoms with E-state index in [1.54, 1.807) is 19.9 Å². The lowest BCUT2D eigenvalue weighted by Gasteiger charge is -2.14. The minimum Gasteiger partial charge on any atom is -0.477 e. The van der Waals surface area contributed by atoms with Crippen LogP contribution in [-0.2, 0) is 10.0 Å².